The van der Waals surface area contributed by atoms with E-state index >= 15 is 0 Å². The summed E-state index contributed by atoms with van der Waals surface area (Å²) in [6.07, 6.45) is 0. The lowest BCUT2D eigenvalue weighted by molar-refractivity contribution is 0.0677. The van der Waals surface area contributed by atoms with E-state index in [9.17, 15) is 8.78 Å². The highest BCUT2D eigenvalue weighted by atomic mass is 35.5. The molecule has 0 spiro atoms. The standard InChI is InChI=1S/C12H13F2N.ClH/c1-8-2-4-9(5-3-8)11-7-15-6-10(11)12(11,13)14;/h2-5,10,15H,6-7H2,1H3;1H. The molecule has 2 aliphatic rings. The number of halogens is 3. The third kappa shape index (κ3) is 1.19. The highest BCUT2D eigenvalue weighted by molar-refractivity contribution is 5.85. The molecule has 1 aliphatic heterocycles. The average molecular weight is 246 g/mol. The summed E-state index contributed by atoms with van der Waals surface area (Å²) in [5, 5.41) is 3.05. The first-order valence-corrected chi connectivity index (χ1v) is 5.25. The Morgan fingerprint density at radius 2 is 1.88 bits per heavy atom. The number of aryl methyl sites for hydroxylation is 1. The molecular weight excluding hydrogens is 232 g/mol. The van der Waals surface area contributed by atoms with Gasteiger partial charge >= 0.3 is 0 Å². The van der Waals surface area contributed by atoms with Gasteiger partial charge in [-0.2, -0.15) is 0 Å². The Labute approximate surface area is 99.6 Å². The zero-order chi connectivity index (χ0) is 10.7. The monoisotopic (exact) mass is 245 g/mol. The van der Waals surface area contributed by atoms with Crippen LogP contribution in [0.2, 0.25) is 0 Å². The van der Waals surface area contributed by atoms with Crippen LogP contribution in [-0.2, 0) is 5.41 Å². The van der Waals surface area contributed by atoms with Gasteiger partial charge in [-0.1, -0.05) is 29.8 Å². The summed E-state index contributed by atoms with van der Waals surface area (Å²) in [7, 11) is 0. The number of nitrogens with one attached hydrogen (secondary N) is 1. The predicted molar refractivity (Wildman–Crippen MR) is 61.4 cm³/mol. The number of rotatable bonds is 1. The van der Waals surface area contributed by atoms with Crippen molar-refractivity contribution in [3.8, 4) is 0 Å². The first-order valence-electron chi connectivity index (χ1n) is 5.25. The second kappa shape index (κ2) is 3.41. The van der Waals surface area contributed by atoms with E-state index in [0.717, 1.165) is 11.1 Å². The lowest BCUT2D eigenvalue weighted by atomic mass is 9.94. The summed E-state index contributed by atoms with van der Waals surface area (Å²) in [5.74, 6) is -3.00. The van der Waals surface area contributed by atoms with Gasteiger partial charge in [-0.15, -0.1) is 12.4 Å². The van der Waals surface area contributed by atoms with E-state index in [4.69, 9.17) is 0 Å². The van der Waals surface area contributed by atoms with Crippen LogP contribution < -0.4 is 5.32 Å². The van der Waals surface area contributed by atoms with Crippen LogP contribution in [0, 0.1) is 12.8 Å². The zero-order valence-electron chi connectivity index (χ0n) is 8.97. The van der Waals surface area contributed by atoms with Crippen LogP contribution in [0.25, 0.3) is 0 Å². The fourth-order valence-corrected chi connectivity index (χ4v) is 2.84. The summed E-state index contributed by atoms with van der Waals surface area (Å²) in [6, 6.07) is 7.51. The molecule has 2 atom stereocenters. The predicted octanol–water partition coefficient (Wildman–Crippen LogP) is 2.52. The minimum atomic E-state index is -2.51. The zero-order valence-corrected chi connectivity index (χ0v) is 9.78. The summed E-state index contributed by atoms with van der Waals surface area (Å²) in [4.78, 5) is 0. The molecule has 0 radical (unpaired) electrons. The third-order valence-corrected chi connectivity index (χ3v) is 3.86. The second-order valence-electron chi connectivity index (χ2n) is 4.64. The Morgan fingerprint density at radius 3 is 2.38 bits per heavy atom. The van der Waals surface area contributed by atoms with Crippen LogP contribution in [0.1, 0.15) is 11.1 Å². The molecule has 16 heavy (non-hydrogen) atoms. The van der Waals surface area contributed by atoms with E-state index in [1.54, 1.807) is 0 Å². The SMILES string of the molecule is Cc1ccc(C23CNCC2C3(F)F)cc1.Cl. The number of piperidine rings is 1. The number of alkyl halides is 2. The molecule has 1 aliphatic carbocycles. The summed E-state index contributed by atoms with van der Waals surface area (Å²) in [5.41, 5.74) is 0.996. The van der Waals surface area contributed by atoms with E-state index < -0.39 is 17.3 Å². The molecule has 1 aromatic rings. The van der Waals surface area contributed by atoms with Crippen molar-refractivity contribution in [3.05, 3.63) is 35.4 Å². The van der Waals surface area contributed by atoms with Gasteiger partial charge in [0.05, 0.1) is 11.3 Å². The van der Waals surface area contributed by atoms with Crippen molar-refractivity contribution < 1.29 is 8.78 Å². The fraction of sp³-hybridized carbons (Fsp3) is 0.500. The Kier molecular flexibility index (Phi) is 2.52. The van der Waals surface area contributed by atoms with Crippen LogP contribution in [0.4, 0.5) is 8.78 Å². The molecule has 0 amide bonds. The quantitative estimate of drug-likeness (QED) is 0.802. The molecule has 4 heteroatoms. The van der Waals surface area contributed by atoms with Crippen molar-refractivity contribution in [1.29, 1.82) is 0 Å². The van der Waals surface area contributed by atoms with Gasteiger partial charge < -0.3 is 5.32 Å². The molecular formula is C12H14ClF2N. The third-order valence-electron chi connectivity index (χ3n) is 3.86. The van der Waals surface area contributed by atoms with Gasteiger partial charge in [-0.05, 0) is 12.5 Å². The van der Waals surface area contributed by atoms with E-state index in [1.165, 1.54) is 0 Å². The van der Waals surface area contributed by atoms with Crippen molar-refractivity contribution in [2.45, 2.75) is 18.3 Å². The number of hydrogen-bond acceptors (Lipinski definition) is 1. The van der Waals surface area contributed by atoms with Crippen LogP contribution in [-0.4, -0.2) is 19.0 Å². The molecule has 2 fully saturated rings. The van der Waals surface area contributed by atoms with Crippen LogP contribution in [0.15, 0.2) is 24.3 Å². The van der Waals surface area contributed by atoms with Crippen LogP contribution in [0.5, 0.6) is 0 Å². The second-order valence-corrected chi connectivity index (χ2v) is 4.64. The maximum absolute atomic E-state index is 13.6. The molecule has 1 saturated heterocycles. The summed E-state index contributed by atoms with van der Waals surface area (Å²) >= 11 is 0. The van der Waals surface area contributed by atoms with Gasteiger partial charge in [0.2, 0.25) is 0 Å². The summed E-state index contributed by atoms with van der Waals surface area (Å²) < 4.78 is 27.3. The normalized spacial score (nSPS) is 34.1. The van der Waals surface area contributed by atoms with Gasteiger partial charge in [0, 0.05) is 13.1 Å². The van der Waals surface area contributed by atoms with Gasteiger partial charge in [-0.25, -0.2) is 8.78 Å². The van der Waals surface area contributed by atoms with Crippen molar-refractivity contribution >= 4 is 12.4 Å². The fourth-order valence-electron chi connectivity index (χ4n) is 2.84. The van der Waals surface area contributed by atoms with E-state index in [1.807, 2.05) is 31.2 Å². The van der Waals surface area contributed by atoms with Gasteiger partial charge in [0.15, 0.2) is 0 Å². The molecule has 1 nitrogen and oxygen atoms in total. The Hall–Kier alpha value is -0.670. The van der Waals surface area contributed by atoms with Crippen molar-refractivity contribution in [3.63, 3.8) is 0 Å². The van der Waals surface area contributed by atoms with Gasteiger partial charge in [0.25, 0.3) is 5.92 Å². The van der Waals surface area contributed by atoms with Gasteiger partial charge in [-0.3, -0.25) is 0 Å². The maximum Gasteiger partial charge on any atom is 0.264 e. The van der Waals surface area contributed by atoms with E-state index in [0.29, 0.717) is 13.1 Å². The van der Waals surface area contributed by atoms with E-state index in [-0.39, 0.29) is 12.4 Å². The number of fused-ring (bicyclic) bond motifs is 1. The molecule has 88 valence electrons. The van der Waals surface area contributed by atoms with Crippen molar-refractivity contribution in [1.82, 2.24) is 5.32 Å². The average Bonchev–Trinajstić information content (AvgIpc) is 2.60. The summed E-state index contributed by atoms with van der Waals surface area (Å²) in [6.45, 7) is 2.82. The number of benzene rings is 1. The topological polar surface area (TPSA) is 12.0 Å². The minimum absolute atomic E-state index is 0. The molecule has 1 saturated carbocycles. The molecule has 2 unspecified atom stereocenters. The largest absolute Gasteiger partial charge is 0.315 e. The van der Waals surface area contributed by atoms with Crippen LogP contribution >= 0.6 is 12.4 Å². The Bertz CT molecular complexity index is 404. The lowest BCUT2D eigenvalue weighted by Crippen LogP contribution is -2.28. The smallest absolute Gasteiger partial charge is 0.264 e. The lowest BCUT2D eigenvalue weighted by Gasteiger charge is -2.14. The molecule has 0 bridgehead atoms. The van der Waals surface area contributed by atoms with E-state index in [2.05, 4.69) is 5.32 Å². The first-order chi connectivity index (χ1) is 7.09. The van der Waals surface area contributed by atoms with Crippen molar-refractivity contribution in [2.24, 2.45) is 5.92 Å². The van der Waals surface area contributed by atoms with Crippen LogP contribution in [0.3, 0.4) is 0 Å². The maximum atomic E-state index is 13.6. The highest BCUT2D eigenvalue weighted by Crippen LogP contribution is 2.68. The molecule has 3 rings (SSSR count). The van der Waals surface area contributed by atoms with Crippen molar-refractivity contribution in [2.75, 3.05) is 13.1 Å². The molecule has 0 aromatic heterocycles. The Morgan fingerprint density at radius 1 is 1.25 bits per heavy atom. The van der Waals surface area contributed by atoms with Gasteiger partial charge in [0.1, 0.15) is 0 Å². The number of hydrogen-bond donors (Lipinski definition) is 1. The Balaban J connectivity index is 0.000000963. The molecule has 1 aromatic carbocycles. The first kappa shape index (κ1) is 11.8. The minimum Gasteiger partial charge on any atom is -0.315 e. The molecule has 1 heterocycles. The highest BCUT2D eigenvalue weighted by Gasteiger charge is 2.82. The molecule has 1 N–H and O–H groups in total.